The maximum absolute atomic E-state index is 12.6. The summed E-state index contributed by atoms with van der Waals surface area (Å²) in [5, 5.41) is 8.13. The maximum Gasteiger partial charge on any atom is 0.281 e. The van der Waals surface area contributed by atoms with E-state index in [4.69, 9.17) is 0 Å². The van der Waals surface area contributed by atoms with E-state index >= 15 is 0 Å². The number of nitrogens with zero attached hydrogens (tertiary/aromatic N) is 5. The zero-order valence-corrected chi connectivity index (χ0v) is 15.5. The highest BCUT2D eigenvalue weighted by Crippen LogP contribution is 2.24. The van der Waals surface area contributed by atoms with E-state index in [0.29, 0.717) is 31.0 Å². The molecule has 0 bridgehead atoms. The molecule has 1 aliphatic rings. The van der Waals surface area contributed by atoms with Crippen LogP contribution in [0, 0.1) is 13.8 Å². The molecule has 8 nitrogen and oxygen atoms in total. The fraction of sp³-hybridized carbons (Fsp3) is 0.421. The largest absolute Gasteiger partial charge is 0.342 e. The number of benzene rings is 1. The van der Waals surface area contributed by atoms with E-state index in [1.807, 2.05) is 36.1 Å². The average Bonchev–Trinajstić information content (AvgIpc) is 3.08. The first-order chi connectivity index (χ1) is 13.0. The predicted octanol–water partition coefficient (Wildman–Crippen LogP) is 1.54. The van der Waals surface area contributed by atoms with Crippen molar-refractivity contribution in [3.05, 3.63) is 51.6 Å². The first-order valence-electron chi connectivity index (χ1n) is 9.16. The summed E-state index contributed by atoms with van der Waals surface area (Å²) in [5.41, 5.74) is 2.73. The molecule has 1 fully saturated rings. The number of aromatic nitrogens is 5. The van der Waals surface area contributed by atoms with Crippen LogP contribution in [0.5, 0.6) is 0 Å². The second-order valence-corrected chi connectivity index (χ2v) is 7.13. The Bertz CT molecular complexity index is 1030. The molecule has 4 rings (SSSR count). The van der Waals surface area contributed by atoms with Crippen LogP contribution in [0.2, 0.25) is 0 Å². The van der Waals surface area contributed by atoms with Crippen LogP contribution in [0.25, 0.3) is 11.2 Å². The Hall–Kier alpha value is -3.03. The molecule has 0 aliphatic carbocycles. The van der Waals surface area contributed by atoms with Crippen molar-refractivity contribution in [2.24, 2.45) is 0 Å². The molecule has 8 heteroatoms. The Morgan fingerprint density at radius 2 is 1.89 bits per heavy atom. The number of carbonyl (C=O) groups excluding carboxylic acids is 1. The van der Waals surface area contributed by atoms with Gasteiger partial charge in [0.05, 0.1) is 12.5 Å². The van der Waals surface area contributed by atoms with Gasteiger partial charge in [-0.15, -0.1) is 5.10 Å². The Balaban J connectivity index is 1.44. The number of piperidine rings is 1. The average molecular weight is 366 g/mol. The second-order valence-electron chi connectivity index (χ2n) is 7.13. The molecule has 1 saturated heterocycles. The monoisotopic (exact) mass is 366 g/mol. The Morgan fingerprint density at radius 1 is 1.19 bits per heavy atom. The molecule has 1 aliphatic heterocycles. The van der Waals surface area contributed by atoms with Gasteiger partial charge in [0.2, 0.25) is 5.91 Å². The summed E-state index contributed by atoms with van der Waals surface area (Å²) >= 11 is 0. The lowest BCUT2D eigenvalue weighted by atomic mass is 10.0. The molecule has 0 unspecified atom stereocenters. The fourth-order valence-electron chi connectivity index (χ4n) is 3.55. The number of hydrogen-bond donors (Lipinski definition) is 1. The number of H-pyrrole nitrogens is 1. The lowest BCUT2D eigenvalue weighted by molar-refractivity contribution is -0.131. The number of amides is 1. The zero-order valence-electron chi connectivity index (χ0n) is 15.5. The highest BCUT2D eigenvalue weighted by atomic mass is 16.2. The fourth-order valence-corrected chi connectivity index (χ4v) is 3.55. The maximum atomic E-state index is 12.6. The molecule has 1 aromatic carbocycles. The first kappa shape index (κ1) is 17.4. The van der Waals surface area contributed by atoms with Crippen LogP contribution < -0.4 is 5.56 Å². The molecule has 3 aromatic rings. The second kappa shape index (κ2) is 6.94. The summed E-state index contributed by atoms with van der Waals surface area (Å²) in [7, 11) is 0. The number of aromatic amines is 1. The lowest BCUT2D eigenvalue weighted by Crippen LogP contribution is -2.40. The molecule has 140 valence electrons. The third kappa shape index (κ3) is 3.47. The molecule has 1 amide bonds. The van der Waals surface area contributed by atoms with Crippen molar-refractivity contribution >= 4 is 17.1 Å². The molecule has 27 heavy (non-hydrogen) atoms. The van der Waals surface area contributed by atoms with Gasteiger partial charge in [-0.3, -0.25) is 9.59 Å². The molecule has 0 saturated carbocycles. The lowest BCUT2D eigenvalue weighted by Gasteiger charge is -2.32. The summed E-state index contributed by atoms with van der Waals surface area (Å²) in [6.07, 6.45) is 1.96. The minimum Gasteiger partial charge on any atom is -0.342 e. The van der Waals surface area contributed by atoms with Gasteiger partial charge in [0.1, 0.15) is 5.82 Å². The number of rotatable bonds is 3. The number of carbonyl (C=O) groups is 1. The van der Waals surface area contributed by atoms with Crippen molar-refractivity contribution in [3.8, 4) is 0 Å². The summed E-state index contributed by atoms with van der Waals surface area (Å²) in [6.45, 7) is 5.11. The van der Waals surface area contributed by atoms with Gasteiger partial charge in [-0.2, -0.15) is 0 Å². The molecule has 0 spiro atoms. The van der Waals surface area contributed by atoms with Gasteiger partial charge in [0, 0.05) is 13.1 Å². The van der Waals surface area contributed by atoms with E-state index in [-0.39, 0.29) is 23.0 Å². The van der Waals surface area contributed by atoms with Gasteiger partial charge in [0.15, 0.2) is 11.2 Å². The van der Waals surface area contributed by atoms with Crippen LogP contribution in [0.3, 0.4) is 0 Å². The topological polar surface area (TPSA) is 96.8 Å². The van der Waals surface area contributed by atoms with Crippen LogP contribution in [0.1, 0.15) is 35.8 Å². The van der Waals surface area contributed by atoms with Crippen molar-refractivity contribution < 1.29 is 4.79 Å². The van der Waals surface area contributed by atoms with Gasteiger partial charge < -0.3 is 9.88 Å². The minimum absolute atomic E-state index is 0.0899. The van der Waals surface area contributed by atoms with Crippen LogP contribution in [-0.4, -0.2) is 48.9 Å². The van der Waals surface area contributed by atoms with Gasteiger partial charge >= 0.3 is 0 Å². The smallest absolute Gasteiger partial charge is 0.281 e. The van der Waals surface area contributed by atoms with Crippen molar-refractivity contribution in [1.82, 2.24) is 29.9 Å². The Kier molecular flexibility index (Phi) is 4.47. The van der Waals surface area contributed by atoms with Gasteiger partial charge in [-0.05, 0) is 32.3 Å². The summed E-state index contributed by atoms with van der Waals surface area (Å²) in [6, 6.07) is 8.16. The van der Waals surface area contributed by atoms with Crippen molar-refractivity contribution in [2.75, 3.05) is 13.1 Å². The molecule has 0 atom stereocenters. The number of aryl methyl sites for hydroxylation is 2. The van der Waals surface area contributed by atoms with Crippen LogP contribution in [-0.2, 0) is 11.2 Å². The number of hydrogen-bond acceptors (Lipinski definition) is 5. The molecular weight excluding hydrogens is 344 g/mol. The quantitative estimate of drug-likeness (QED) is 0.758. The van der Waals surface area contributed by atoms with E-state index in [1.165, 1.54) is 5.56 Å². The number of likely N-dealkylation sites (tertiary alicyclic amines) is 1. The van der Waals surface area contributed by atoms with E-state index in [9.17, 15) is 9.59 Å². The van der Waals surface area contributed by atoms with Crippen LogP contribution >= 0.6 is 0 Å². The van der Waals surface area contributed by atoms with Gasteiger partial charge in [-0.25, -0.2) is 9.67 Å². The SMILES string of the molecule is Cc1ccc(CC(=O)N2CCC(n3nnc4c(=O)[nH]c(C)nc43)CC2)cc1. The van der Waals surface area contributed by atoms with Gasteiger partial charge in [-0.1, -0.05) is 35.0 Å². The number of fused-ring (bicyclic) bond motifs is 1. The molecular formula is C19H22N6O2. The molecule has 0 radical (unpaired) electrons. The number of nitrogens with one attached hydrogen (secondary N) is 1. The zero-order chi connectivity index (χ0) is 19.0. The van der Waals surface area contributed by atoms with Crippen LogP contribution in [0.4, 0.5) is 0 Å². The standard InChI is InChI=1S/C19H22N6O2/c1-12-3-5-14(6-4-12)11-16(26)24-9-7-15(8-10-24)25-18-17(22-23-25)19(27)21-13(2)20-18/h3-6,15H,7-11H2,1-2H3,(H,20,21,27). The Morgan fingerprint density at radius 3 is 2.59 bits per heavy atom. The van der Waals surface area contributed by atoms with E-state index < -0.39 is 0 Å². The van der Waals surface area contributed by atoms with Crippen molar-refractivity contribution in [2.45, 2.75) is 39.2 Å². The Labute approximate surface area is 156 Å². The van der Waals surface area contributed by atoms with E-state index in [1.54, 1.807) is 11.6 Å². The highest BCUT2D eigenvalue weighted by Gasteiger charge is 2.26. The van der Waals surface area contributed by atoms with Crippen LogP contribution in [0.15, 0.2) is 29.1 Å². The molecule has 1 N–H and O–H groups in total. The van der Waals surface area contributed by atoms with Gasteiger partial charge in [0.25, 0.3) is 5.56 Å². The van der Waals surface area contributed by atoms with Crippen molar-refractivity contribution in [1.29, 1.82) is 0 Å². The summed E-state index contributed by atoms with van der Waals surface area (Å²) < 4.78 is 1.74. The normalized spacial score (nSPS) is 15.4. The van der Waals surface area contributed by atoms with E-state index in [0.717, 1.165) is 18.4 Å². The van der Waals surface area contributed by atoms with Crippen molar-refractivity contribution in [3.63, 3.8) is 0 Å². The third-order valence-corrected chi connectivity index (χ3v) is 5.09. The molecule has 3 heterocycles. The minimum atomic E-state index is -0.269. The predicted molar refractivity (Wildman–Crippen MR) is 100 cm³/mol. The molecule has 2 aromatic heterocycles. The highest BCUT2D eigenvalue weighted by molar-refractivity contribution is 5.79. The van der Waals surface area contributed by atoms with E-state index in [2.05, 4.69) is 20.3 Å². The summed E-state index contributed by atoms with van der Waals surface area (Å²) in [4.78, 5) is 33.5. The first-order valence-corrected chi connectivity index (χ1v) is 9.16. The summed E-state index contributed by atoms with van der Waals surface area (Å²) in [5.74, 6) is 0.688. The third-order valence-electron chi connectivity index (χ3n) is 5.09.